The van der Waals surface area contributed by atoms with E-state index in [1.165, 1.54) is 5.56 Å². The van der Waals surface area contributed by atoms with Crippen molar-refractivity contribution in [3.05, 3.63) is 59.2 Å². The summed E-state index contributed by atoms with van der Waals surface area (Å²) in [6, 6.07) is 13.3. The van der Waals surface area contributed by atoms with Crippen molar-refractivity contribution >= 4 is 24.2 Å². The molecule has 1 amide bonds. The number of benzene rings is 2. The van der Waals surface area contributed by atoms with Gasteiger partial charge in [-0.2, -0.15) is 12.6 Å². The molecule has 0 heterocycles. The first kappa shape index (κ1) is 17.4. The lowest BCUT2D eigenvalue weighted by molar-refractivity contribution is 0.102. The standard InChI is InChI=1S/C19H23NO2S/c1-19(2,3)15-8-5-13(6-9-15)18(21)20-16-10-7-14(12-23)17(11-16)22-4/h5-11,23H,12H2,1-4H3,(H,20,21). The van der Waals surface area contributed by atoms with Gasteiger partial charge in [0.2, 0.25) is 0 Å². The Bertz CT molecular complexity index is 688. The maximum absolute atomic E-state index is 12.4. The number of rotatable bonds is 4. The number of hydrogen-bond acceptors (Lipinski definition) is 3. The molecule has 2 rings (SSSR count). The van der Waals surface area contributed by atoms with Crippen molar-refractivity contribution in [3.63, 3.8) is 0 Å². The average molecular weight is 329 g/mol. The van der Waals surface area contributed by atoms with Gasteiger partial charge in [-0.05, 0) is 29.2 Å². The summed E-state index contributed by atoms with van der Waals surface area (Å²) in [6.07, 6.45) is 0. The highest BCUT2D eigenvalue weighted by molar-refractivity contribution is 7.79. The second kappa shape index (κ2) is 7.09. The minimum atomic E-state index is -0.133. The summed E-state index contributed by atoms with van der Waals surface area (Å²) in [7, 11) is 1.61. The third kappa shape index (κ3) is 4.29. The van der Waals surface area contributed by atoms with Gasteiger partial charge in [-0.1, -0.05) is 39.0 Å². The zero-order valence-electron chi connectivity index (χ0n) is 14.0. The molecule has 0 fully saturated rings. The number of methoxy groups -OCH3 is 1. The van der Waals surface area contributed by atoms with E-state index >= 15 is 0 Å². The van der Waals surface area contributed by atoms with Gasteiger partial charge >= 0.3 is 0 Å². The number of ether oxygens (including phenoxy) is 1. The molecular weight excluding hydrogens is 306 g/mol. The van der Waals surface area contributed by atoms with Gasteiger partial charge in [-0.25, -0.2) is 0 Å². The Labute approximate surface area is 143 Å². The maximum Gasteiger partial charge on any atom is 0.255 e. The molecule has 0 atom stereocenters. The van der Waals surface area contributed by atoms with E-state index in [2.05, 4.69) is 38.7 Å². The second-order valence-electron chi connectivity index (χ2n) is 6.47. The van der Waals surface area contributed by atoms with Crippen LogP contribution < -0.4 is 10.1 Å². The van der Waals surface area contributed by atoms with Gasteiger partial charge in [0.05, 0.1) is 7.11 Å². The van der Waals surface area contributed by atoms with Crippen molar-refractivity contribution in [1.29, 1.82) is 0 Å². The Morgan fingerprint density at radius 2 is 1.78 bits per heavy atom. The van der Waals surface area contributed by atoms with Crippen molar-refractivity contribution in [2.45, 2.75) is 31.9 Å². The molecule has 4 heteroatoms. The Morgan fingerprint density at radius 3 is 2.30 bits per heavy atom. The Morgan fingerprint density at radius 1 is 1.13 bits per heavy atom. The average Bonchev–Trinajstić information content (AvgIpc) is 2.54. The highest BCUT2D eigenvalue weighted by Gasteiger charge is 2.14. The van der Waals surface area contributed by atoms with Crippen molar-refractivity contribution in [1.82, 2.24) is 0 Å². The predicted octanol–water partition coefficient (Wildman–Crippen LogP) is 4.67. The Balaban J connectivity index is 2.16. The minimum Gasteiger partial charge on any atom is -0.496 e. The van der Waals surface area contributed by atoms with E-state index in [4.69, 9.17) is 4.74 Å². The van der Waals surface area contributed by atoms with Crippen LogP contribution in [0.2, 0.25) is 0 Å². The van der Waals surface area contributed by atoms with Crippen LogP contribution in [0.3, 0.4) is 0 Å². The van der Waals surface area contributed by atoms with Crippen molar-refractivity contribution in [2.24, 2.45) is 0 Å². The molecule has 2 aromatic rings. The van der Waals surface area contributed by atoms with Crippen molar-refractivity contribution < 1.29 is 9.53 Å². The van der Waals surface area contributed by atoms with Crippen LogP contribution in [0.5, 0.6) is 5.75 Å². The highest BCUT2D eigenvalue weighted by Crippen LogP contribution is 2.25. The molecule has 0 saturated carbocycles. The smallest absolute Gasteiger partial charge is 0.255 e. The van der Waals surface area contributed by atoms with Crippen LogP contribution in [0.15, 0.2) is 42.5 Å². The Kier molecular flexibility index (Phi) is 5.37. The molecule has 0 aliphatic heterocycles. The lowest BCUT2D eigenvalue weighted by Crippen LogP contribution is -2.14. The van der Waals surface area contributed by atoms with E-state index in [-0.39, 0.29) is 11.3 Å². The van der Waals surface area contributed by atoms with Gasteiger partial charge in [0.25, 0.3) is 5.91 Å². The molecule has 0 aliphatic carbocycles. The predicted molar refractivity (Wildman–Crippen MR) is 98.8 cm³/mol. The molecule has 2 aromatic carbocycles. The summed E-state index contributed by atoms with van der Waals surface area (Å²) in [4.78, 5) is 12.4. The van der Waals surface area contributed by atoms with E-state index in [0.29, 0.717) is 17.0 Å². The molecular formula is C19H23NO2S. The summed E-state index contributed by atoms with van der Waals surface area (Å²) in [5.74, 6) is 1.18. The largest absolute Gasteiger partial charge is 0.496 e. The fourth-order valence-corrected chi connectivity index (χ4v) is 2.54. The van der Waals surface area contributed by atoms with Gasteiger partial charge in [-0.3, -0.25) is 4.79 Å². The van der Waals surface area contributed by atoms with Crippen LogP contribution in [-0.2, 0) is 11.2 Å². The third-order valence-corrected chi connectivity index (χ3v) is 4.07. The van der Waals surface area contributed by atoms with E-state index in [1.807, 2.05) is 42.5 Å². The number of anilines is 1. The summed E-state index contributed by atoms with van der Waals surface area (Å²) < 4.78 is 5.32. The molecule has 0 spiro atoms. The van der Waals surface area contributed by atoms with Crippen LogP contribution in [-0.4, -0.2) is 13.0 Å². The zero-order valence-corrected chi connectivity index (χ0v) is 14.9. The number of nitrogens with one attached hydrogen (secondary N) is 1. The van der Waals surface area contributed by atoms with E-state index in [0.717, 1.165) is 11.3 Å². The van der Waals surface area contributed by atoms with Gasteiger partial charge in [0, 0.05) is 28.6 Å². The number of hydrogen-bond donors (Lipinski definition) is 2. The van der Waals surface area contributed by atoms with E-state index in [9.17, 15) is 4.79 Å². The van der Waals surface area contributed by atoms with E-state index < -0.39 is 0 Å². The third-order valence-electron chi connectivity index (χ3n) is 3.73. The van der Waals surface area contributed by atoms with Gasteiger partial charge in [-0.15, -0.1) is 0 Å². The maximum atomic E-state index is 12.4. The van der Waals surface area contributed by atoms with Crippen LogP contribution in [0.1, 0.15) is 42.3 Å². The monoisotopic (exact) mass is 329 g/mol. The molecule has 0 bridgehead atoms. The number of thiol groups is 1. The van der Waals surface area contributed by atoms with Crippen molar-refractivity contribution in [2.75, 3.05) is 12.4 Å². The van der Waals surface area contributed by atoms with Crippen molar-refractivity contribution in [3.8, 4) is 5.75 Å². The van der Waals surface area contributed by atoms with Crippen LogP contribution >= 0.6 is 12.6 Å². The number of amides is 1. The Hall–Kier alpha value is -1.94. The van der Waals surface area contributed by atoms with Crippen LogP contribution in [0.25, 0.3) is 0 Å². The zero-order chi connectivity index (χ0) is 17.0. The summed E-state index contributed by atoms with van der Waals surface area (Å²) in [6.45, 7) is 6.45. The lowest BCUT2D eigenvalue weighted by Gasteiger charge is -2.19. The summed E-state index contributed by atoms with van der Waals surface area (Å²) in [5, 5.41) is 2.90. The molecule has 3 nitrogen and oxygen atoms in total. The highest BCUT2D eigenvalue weighted by atomic mass is 32.1. The number of carbonyl (C=O) groups is 1. The molecule has 0 unspecified atom stereocenters. The normalized spacial score (nSPS) is 11.2. The first-order valence-electron chi connectivity index (χ1n) is 7.55. The molecule has 122 valence electrons. The molecule has 0 aromatic heterocycles. The fraction of sp³-hybridized carbons (Fsp3) is 0.316. The van der Waals surface area contributed by atoms with Crippen LogP contribution in [0.4, 0.5) is 5.69 Å². The first-order valence-corrected chi connectivity index (χ1v) is 8.18. The minimum absolute atomic E-state index is 0.0745. The molecule has 23 heavy (non-hydrogen) atoms. The van der Waals surface area contributed by atoms with Gasteiger partial charge in [0.15, 0.2) is 0 Å². The van der Waals surface area contributed by atoms with Gasteiger partial charge in [0.1, 0.15) is 5.75 Å². The molecule has 1 N–H and O–H groups in total. The molecule has 0 aliphatic rings. The van der Waals surface area contributed by atoms with E-state index in [1.54, 1.807) is 7.11 Å². The molecule has 0 radical (unpaired) electrons. The van der Waals surface area contributed by atoms with Gasteiger partial charge < -0.3 is 10.1 Å². The second-order valence-corrected chi connectivity index (χ2v) is 6.78. The summed E-state index contributed by atoms with van der Waals surface area (Å²) >= 11 is 4.26. The lowest BCUT2D eigenvalue weighted by atomic mass is 9.87. The first-order chi connectivity index (χ1) is 10.8. The SMILES string of the molecule is COc1cc(NC(=O)c2ccc(C(C)(C)C)cc2)ccc1CS. The quantitative estimate of drug-likeness (QED) is 0.800. The number of carbonyl (C=O) groups excluding carboxylic acids is 1. The summed E-state index contributed by atoms with van der Waals surface area (Å²) in [5.41, 5.74) is 3.61. The van der Waals surface area contributed by atoms with Crippen LogP contribution in [0, 0.1) is 0 Å². The molecule has 0 saturated heterocycles. The topological polar surface area (TPSA) is 38.3 Å². The fourth-order valence-electron chi connectivity index (χ4n) is 2.28.